The van der Waals surface area contributed by atoms with Gasteiger partial charge in [0.05, 0.1) is 10.6 Å². The monoisotopic (exact) mass is 315 g/mol. The number of alkyl halides is 3. The van der Waals surface area contributed by atoms with Gasteiger partial charge in [0.2, 0.25) is 0 Å². The van der Waals surface area contributed by atoms with Gasteiger partial charge in [-0.2, -0.15) is 13.2 Å². The summed E-state index contributed by atoms with van der Waals surface area (Å²) in [5.74, 6) is 1.22. The third-order valence-corrected chi connectivity index (χ3v) is 4.11. The van der Waals surface area contributed by atoms with E-state index in [9.17, 15) is 18.0 Å². The van der Waals surface area contributed by atoms with Crippen LogP contribution in [0.15, 0.2) is 12.1 Å². The Labute approximate surface area is 123 Å². The number of ether oxygens (including phenoxy) is 1. The normalized spacial score (nSPS) is 24.6. The predicted molar refractivity (Wildman–Crippen MR) is 69.0 cm³/mol. The van der Waals surface area contributed by atoms with Crippen molar-refractivity contribution in [1.82, 2.24) is 5.32 Å². The number of terminal acetylenes is 1. The van der Waals surface area contributed by atoms with Crippen molar-refractivity contribution in [3.63, 3.8) is 0 Å². The molecule has 1 aromatic rings. The summed E-state index contributed by atoms with van der Waals surface area (Å²) >= 11 is 5.92. The number of hydrogen-bond acceptors (Lipinski definition) is 2. The summed E-state index contributed by atoms with van der Waals surface area (Å²) in [6.45, 7) is 0. The topological polar surface area (TPSA) is 38.3 Å². The molecule has 0 unspecified atom stereocenters. The number of nitrogens with one attached hydrogen (secondary N) is 1. The van der Waals surface area contributed by atoms with Crippen LogP contribution in [-0.4, -0.2) is 12.3 Å². The second kappa shape index (κ2) is 4.31. The van der Waals surface area contributed by atoms with Crippen LogP contribution in [-0.2, 0) is 5.54 Å². The molecular formula is C14H9ClF3NO2. The van der Waals surface area contributed by atoms with Gasteiger partial charge in [0.15, 0.2) is 5.54 Å². The van der Waals surface area contributed by atoms with Crippen molar-refractivity contribution < 1.29 is 22.7 Å². The minimum absolute atomic E-state index is 0.0188. The quantitative estimate of drug-likeness (QED) is 0.804. The van der Waals surface area contributed by atoms with Crippen LogP contribution < -0.4 is 10.1 Å². The first-order valence-corrected chi connectivity index (χ1v) is 6.55. The smallest absolute Gasteiger partial charge is 0.410 e. The van der Waals surface area contributed by atoms with E-state index in [0.29, 0.717) is 12.8 Å². The van der Waals surface area contributed by atoms with Crippen LogP contribution >= 0.6 is 11.6 Å². The van der Waals surface area contributed by atoms with Gasteiger partial charge < -0.3 is 10.1 Å². The molecule has 1 atom stereocenters. The molecule has 0 bridgehead atoms. The fourth-order valence-corrected chi connectivity index (χ4v) is 3.00. The van der Waals surface area contributed by atoms with Crippen molar-refractivity contribution in [2.45, 2.75) is 24.6 Å². The van der Waals surface area contributed by atoms with Crippen molar-refractivity contribution >= 4 is 17.7 Å². The molecule has 0 saturated heterocycles. The van der Waals surface area contributed by atoms with E-state index >= 15 is 0 Å². The van der Waals surface area contributed by atoms with Crippen molar-refractivity contribution in [1.29, 1.82) is 0 Å². The zero-order valence-electron chi connectivity index (χ0n) is 10.6. The minimum Gasteiger partial charge on any atom is -0.410 e. The molecule has 21 heavy (non-hydrogen) atoms. The van der Waals surface area contributed by atoms with E-state index in [0.717, 1.165) is 0 Å². The van der Waals surface area contributed by atoms with Crippen LogP contribution in [0.1, 0.15) is 24.0 Å². The van der Waals surface area contributed by atoms with E-state index in [4.69, 9.17) is 22.8 Å². The first kappa shape index (κ1) is 14.1. The Kier molecular flexibility index (Phi) is 2.89. The molecule has 1 aromatic carbocycles. The molecule has 1 heterocycles. The lowest BCUT2D eigenvalue weighted by Gasteiger charge is -2.41. The molecule has 1 aliphatic heterocycles. The number of carbonyl (C=O) groups excluding carboxylic acids is 1. The number of halogens is 4. The first-order valence-electron chi connectivity index (χ1n) is 6.17. The van der Waals surface area contributed by atoms with Gasteiger partial charge in [0, 0.05) is 5.56 Å². The highest BCUT2D eigenvalue weighted by molar-refractivity contribution is 6.32. The van der Waals surface area contributed by atoms with E-state index in [1.807, 2.05) is 5.32 Å². The summed E-state index contributed by atoms with van der Waals surface area (Å²) in [4.78, 5) is 11.6. The molecule has 1 amide bonds. The Morgan fingerprint density at radius 1 is 1.43 bits per heavy atom. The zero-order chi connectivity index (χ0) is 15.4. The van der Waals surface area contributed by atoms with E-state index in [2.05, 4.69) is 5.92 Å². The second-order valence-corrected chi connectivity index (χ2v) is 5.44. The molecule has 7 heteroatoms. The molecule has 1 saturated carbocycles. The third kappa shape index (κ3) is 1.88. The fraction of sp³-hybridized carbons (Fsp3) is 0.357. The highest BCUT2D eigenvalue weighted by atomic mass is 35.5. The lowest BCUT2D eigenvalue weighted by molar-refractivity contribution is -0.207. The summed E-state index contributed by atoms with van der Waals surface area (Å²) < 4.78 is 46.3. The average molecular weight is 316 g/mol. The lowest BCUT2D eigenvalue weighted by atomic mass is 9.80. The summed E-state index contributed by atoms with van der Waals surface area (Å²) in [5, 5.41) is 1.97. The Hall–Kier alpha value is -1.87. The Balaban J connectivity index is 2.37. The lowest BCUT2D eigenvalue weighted by Crippen LogP contribution is -2.61. The van der Waals surface area contributed by atoms with Gasteiger partial charge in [0.25, 0.3) is 0 Å². The maximum atomic E-state index is 13.8. The maximum absolute atomic E-state index is 13.8. The van der Waals surface area contributed by atoms with Gasteiger partial charge in [-0.25, -0.2) is 4.79 Å². The van der Waals surface area contributed by atoms with E-state index in [1.54, 1.807) is 0 Å². The minimum atomic E-state index is -4.71. The Morgan fingerprint density at radius 3 is 2.62 bits per heavy atom. The number of benzene rings is 1. The van der Waals surface area contributed by atoms with Crippen molar-refractivity contribution in [3.05, 3.63) is 28.3 Å². The number of amides is 1. The van der Waals surface area contributed by atoms with Gasteiger partial charge in [-0.05, 0) is 30.9 Å². The SMILES string of the molecule is C#Cc1c(Cl)ccc2c1[C@@](C1CC1)(C(F)(F)F)NC(=O)O2. The molecule has 0 aromatic heterocycles. The molecule has 2 aliphatic rings. The van der Waals surface area contributed by atoms with Gasteiger partial charge in [-0.15, -0.1) is 6.42 Å². The van der Waals surface area contributed by atoms with Crippen LogP contribution in [0.4, 0.5) is 18.0 Å². The largest absolute Gasteiger partial charge is 0.416 e. The van der Waals surface area contributed by atoms with E-state index in [-0.39, 0.29) is 21.9 Å². The molecule has 110 valence electrons. The summed E-state index contributed by atoms with van der Waals surface area (Å²) in [7, 11) is 0. The second-order valence-electron chi connectivity index (χ2n) is 5.03. The van der Waals surface area contributed by atoms with Gasteiger partial charge in [-0.3, -0.25) is 0 Å². The molecular weight excluding hydrogens is 307 g/mol. The molecule has 1 N–H and O–H groups in total. The predicted octanol–water partition coefficient (Wildman–Crippen LogP) is 3.59. The van der Waals surface area contributed by atoms with Crippen LogP contribution in [0.5, 0.6) is 5.75 Å². The summed E-state index contributed by atoms with van der Waals surface area (Å²) in [6, 6.07) is 2.56. The standard InChI is InChI=1S/C14H9ClF3NO2/c1-2-8-9(15)5-6-10-11(8)13(7-3-4-7,14(16,17)18)19-12(20)21-10/h1,5-7H,3-4H2,(H,19,20)/t13-/m0/s1. The van der Waals surface area contributed by atoms with Crippen molar-refractivity contribution in [2.24, 2.45) is 5.92 Å². The molecule has 1 fully saturated rings. The molecule has 0 radical (unpaired) electrons. The molecule has 3 rings (SSSR count). The first-order chi connectivity index (χ1) is 9.81. The summed E-state index contributed by atoms with van der Waals surface area (Å²) in [6.07, 6.45) is 0.159. The fourth-order valence-electron chi connectivity index (χ4n) is 2.79. The van der Waals surface area contributed by atoms with Crippen LogP contribution in [0.25, 0.3) is 0 Å². The van der Waals surface area contributed by atoms with Crippen LogP contribution in [0, 0.1) is 18.3 Å². The van der Waals surface area contributed by atoms with E-state index < -0.39 is 23.7 Å². The third-order valence-electron chi connectivity index (χ3n) is 3.79. The zero-order valence-corrected chi connectivity index (χ0v) is 11.3. The van der Waals surface area contributed by atoms with Crippen molar-refractivity contribution in [3.8, 4) is 18.1 Å². The average Bonchev–Trinajstić information content (AvgIpc) is 3.21. The number of fused-ring (bicyclic) bond motifs is 1. The number of hydrogen-bond donors (Lipinski definition) is 1. The Morgan fingerprint density at radius 2 is 2.10 bits per heavy atom. The molecule has 1 aliphatic carbocycles. The van der Waals surface area contributed by atoms with Gasteiger partial charge in [-0.1, -0.05) is 17.5 Å². The maximum Gasteiger partial charge on any atom is 0.416 e. The highest BCUT2D eigenvalue weighted by Gasteiger charge is 2.67. The van der Waals surface area contributed by atoms with Crippen LogP contribution in [0.3, 0.4) is 0 Å². The van der Waals surface area contributed by atoms with Gasteiger partial charge in [0.1, 0.15) is 5.75 Å². The molecule has 3 nitrogen and oxygen atoms in total. The highest BCUT2D eigenvalue weighted by Crippen LogP contribution is 2.58. The molecule has 0 spiro atoms. The number of rotatable bonds is 1. The summed E-state index contributed by atoms with van der Waals surface area (Å²) in [5.41, 5.74) is -2.91. The van der Waals surface area contributed by atoms with E-state index in [1.165, 1.54) is 12.1 Å². The Bertz CT molecular complexity index is 676. The van der Waals surface area contributed by atoms with Crippen LogP contribution in [0.2, 0.25) is 5.02 Å². The van der Waals surface area contributed by atoms with Gasteiger partial charge >= 0.3 is 12.3 Å². The van der Waals surface area contributed by atoms with Crippen molar-refractivity contribution in [2.75, 3.05) is 0 Å². The number of carbonyl (C=O) groups is 1.